The number of hydrogen-bond donors (Lipinski definition) is 3. The van der Waals surface area contributed by atoms with Crippen LogP contribution in [0.3, 0.4) is 0 Å². The zero-order valence-corrected chi connectivity index (χ0v) is 17.9. The number of sulfonamides is 1. The highest BCUT2D eigenvalue weighted by atomic mass is 32.2. The van der Waals surface area contributed by atoms with Crippen molar-refractivity contribution in [1.29, 1.82) is 0 Å². The standard InChI is InChI=1S/C19H25N3O4S2/c1-5-26-15-8-6-14(7-9-15)22-28(23,24)16-10-11-18(25-4)17(12-16)21-19(27)20-13(2)3/h6-13,22H,5H2,1-4H3,(H2,20,21,27). The molecule has 0 aliphatic heterocycles. The third-order valence-electron chi connectivity index (χ3n) is 3.57. The van der Waals surface area contributed by atoms with Gasteiger partial charge in [-0.3, -0.25) is 4.72 Å². The van der Waals surface area contributed by atoms with E-state index in [-0.39, 0.29) is 10.9 Å². The Kier molecular flexibility index (Phi) is 7.47. The molecule has 0 aliphatic carbocycles. The van der Waals surface area contributed by atoms with Gasteiger partial charge in [0.2, 0.25) is 0 Å². The predicted molar refractivity (Wildman–Crippen MR) is 116 cm³/mol. The molecule has 0 saturated carbocycles. The van der Waals surface area contributed by atoms with E-state index in [1.165, 1.54) is 19.2 Å². The van der Waals surface area contributed by atoms with Crippen LogP contribution in [0.25, 0.3) is 0 Å². The van der Waals surface area contributed by atoms with Crippen LogP contribution in [0.15, 0.2) is 47.4 Å². The van der Waals surface area contributed by atoms with Gasteiger partial charge in [0.15, 0.2) is 5.11 Å². The van der Waals surface area contributed by atoms with Crippen molar-refractivity contribution in [3.8, 4) is 11.5 Å². The smallest absolute Gasteiger partial charge is 0.261 e. The van der Waals surface area contributed by atoms with Crippen LogP contribution in [-0.4, -0.2) is 33.3 Å². The first-order chi connectivity index (χ1) is 13.2. The van der Waals surface area contributed by atoms with Gasteiger partial charge in [0.1, 0.15) is 11.5 Å². The molecule has 7 nitrogen and oxygen atoms in total. The molecular weight excluding hydrogens is 398 g/mol. The molecule has 152 valence electrons. The Morgan fingerprint density at radius 2 is 1.82 bits per heavy atom. The van der Waals surface area contributed by atoms with Crippen molar-refractivity contribution < 1.29 is 17.9 Å². The van der Waals surface area contributed by atoms with Crippen molar-refractivity contribution in [3.63, 3.8) is 0 Å². The third-order valence-corrected chi connectivity index (χ3v) is 5.17. The van der Waals surface area contributed by atoms with Crippen molar-refractivity contribution in [1.82, 2.24) is 5.32 Å². The highest BCUT2D eigenvalue weighted by molar-refractivity contribution is 7.92. The molecule has 0 atom stereocenters. The maximum Gasteiger partial charge on any atom is 0.261 e. The molecule has 2 aromatic rings. The van der Waals surface area contributed by atoms with Gasteiger partial charge in [0, 0.05) is 11.7 Å². The lowest BCUT2D eigenvalue weighted by Gasteiger charge is -2.16. The zero-order valence-electron chi connectivity index (χ0n) is 16.3. The largest absolute Gasteiger partial charge is 0.495 e. The van der Waals surface area contributed by atoms with Crippen LogP contribution in [0.1, 0.15) is 20.8 Å². The van der Waals surface area contributed by atoms with E-state index in [0.29, 0.717) is 34.6 Å². The van der Waals surface area contributed by atoms with Crippen LogP contribution in [0.5, 0.6) is 11.5 Å². The van der Waals surface area contributed by atoms with Crippen molar-refractivity contribution in [2.24, 2.45) is 0 Å². The summed E-state index contributed by atoms with van der Waals surface area (Å²) in [6, 6.07) is 11.4. The van der Waals surface area contributed by atoms with Crippen molar-refractivity contribution in [3.05, 3.63) is 42.5 Å². The molecule has 0 radical (unpaired) electrons. The fourth-order valence-corrected chi connectivity index (χ4v) is 3.80. The highest BCUT2D eigenvalue weighted by Gasteiger charge is 2.17. The summed E-state index contributed by atoms with van der Waals surface area (Å²) in [5, 5.41) is 6.40. The molecular formula is C19H25N3O4S2. The first-order valence-electron chi connectivity index (χ1n) is 8.76. The van der Waals surface area contributed by atoms with Crippen molar-refractivity contribution >= 4 is 38.7 Å². The van der Waals surface area contributed by atoms with Gasteiger partial charge in [-0.2, -0.15) is 0 Å². The van der Waals surface area contributed by atoms with Crippen LogP contribution in [0.4, 0.5) is 11.4 Å². The summed E-state index contributed by atoms with van der Waals surface area (Å²) >= 11 is 5.24. The molecule has 0 unspecified atom stereocenters. The molecule has 2 aromatic carbocycles. The normalized spacial score (nSPS) is 11.0. The van der Waals surface area contributed by atoms with Crippen LogP contribution in [0, 0.1) is 0 Å². The minimum Gasteiger partial charge on any atom is -0.495 e. The zero-order chi connectivity index (χ0) is 20.7. The molecule has 0 saturated heterocycles. The van der Waals surface area contributed by atoms with E-state index in [0.717, 1.165) is 0 Å². The summed E-state index contributed by atoms with van der Waals surface area (Å²) < 4.78 is 38.7. The molecule has 0 bridgehead atoms. The van der Waals surface area contributed by atoms with Gasteiger partial charge in [0.05, 0.1) is 24.3 Å². The lowest BCUT2D eigenvalue weighted by atomic mass is 10.3. The van der Waals surface area contributed by atoms with Gasteiger partial charge in [-0.1, -0.05) is 0 Å². The van der Waals surface area contributed by atoms with Crippen LogP contribution in [0.2, 0.25) is 0 Å². The molecule has 0 fully saturated rings. The Morgan fingerprint density at radius 3 is 2.39 bits per heavy atom. The highest BCUT2D eigenvalue weighted by Crippen LogP contribution is 2.28. The lowest BCUT2D eigenvalue weighted by Crippen LogP contribution is -2.34. The van der Waals surface area contributed by atoms with Crippen LogP contribution < -0.4 is 24.8 Å². The Hall–Kier alpha value is -2.52. The molecule has 28 heavy (non-hydrogen) atoms. The second-order valence-electron chi connectivity index (χ2n) is 6.18. The monoisotopic (exact) mass is 423 g/mol. The van der Waals surface area contributed by atoms with E-state index >= 15 is 0 Å². The number of ether oxygens (including phenoxy) is 2. The lowest BCUT2D eigenvalue weighted by molar-refractivity contribution is 0.340. The number of thiocarbonyl (C=S) groups is 1. The van der Waals surface area contributed by atoms with Gasteiger partial charge in [-0.05, 0) is 75.5 Å². The second kappa shape index (κ2) is 9.61. The van der Waals surface area contributed by atoms with Gasteiger partial charge >= 0.3 is 0 Å². The van der Waals surface area contributed by atoms with Crippen LogP contribution >= 0.6 is 12.2 Å². The average molecular weight is 424 g/mol. The van der Waals surface area contributed by atoms with Gasteiger partial charge in [0.25, 0.3) is 10.0 Å². The van der Waals surface area contributed by atoms with Gasteiger partial charge in [-0.15, -0.1) is 0 Å². The van der Waals surface area contributed by atoms with E-state index in [2.05, 4.69) is 15.4 Å². The summed E-state index contributed by atoms with van der Waals surface area (Å²) in [4.78, 5) is 0.0806. The number of methoxy groups -OCH3 is 1. The predicted octanol–water partition coefficient (Wildman–Crippen LogP) is 3.59. The molecule has 0 spiro atoms. The molecule has 0 amide bonds. The minimum absolute atomic E-state index is 0.0806. The molecule has 9 heteroatoms. The topological polar surface area (TPSA) is 88.7 Å². The van der Waals surface area contributed by atoms with Gasteiger partial charge in [-0.25, -0.2) is 8.42 Å². The first-order valence-corrected chi connectivity index (χ1v) is 10.7. The van der Waals surface area contributed by atoms with E-state index in [4.69, 9.17) is 21.7 Å². The number of hydrogen-bond acceptors (Lipinski definition) is 5. The second-order valence-corrected chi connectivity index (χ2v) is 8.27. The Balaban J connectivity index is 2.24. The number of benzene rings is 2. The van der Waals surface area contributed by atoms with E-state index in [1.807, 2.05) is 20.8 Å². The molecule has 0 aliphatic rings. The van der Waals surface area contributed by atoms with Gasteiger partial charge < -0.3 is 20.1 Å². The fraction of sp³-hybridized carbons (Fsp3) is 0.316. The van der Waals surface area contributed by atoms with Crippen molar-refractivity contribution in [2.45, 2.75) is 31.7 Å². The quantitative estimate of drug-likeness (QED) is 0.559. The summed E-state index contributed by atoms with van der Waals surface area (Å²) in [5.41, 5.74) is 0.890. The summed E-state index contributed by atoms with van der Waals surface area (Å²) in [6.07, 6.45) is 0. The van der Waals surface area contributed by atoms with E-state index in [9.17, 15) is 8.42 Å². The minimum atomic E-state index is -3.79. The molecule has 0 aromatic heterocycles. The van der Waals surface area contributed by atoms with E-state index in [1.54, 1.807) is 30.3 Å². The first kappa shape index (κ1) is 21.8. The molecule has 0 heterocycles. The molecule has 2 rings (SSSR count). The van der Waals surface area contributed by atoms with Crippen LogP contribution in [-0.2, 0) is 10.0 Å². The number of anilines is 2. The maximum atomic E-state index is 12.8. The van der Waals surface area contributed by atoms with E-state index < -0.39 is 10.0 Å². The maximum absolute atomic E-state index is 12.8. The Morgan fingerprint density at radius 1 is 1.14 bits per heavy atom. The summed E-state index contributed by atoms with van der Waals surface area (Å²) in [5.74, 6) is 1.15. The average Bonchev–Trinajstić information content (AvgIpc) is 2.62. The SMILES string of the molecule is CCOc1ccc(NS(=O)(=O)c2ccc(OC)c(NC(=S)NC(C)C)c2)cc1. The fourth-order valence-electron chi connectivity index (χ4n) is 2.37. The number of nitrogens with one attached hydrogen (secondary N) is 3. The molecule has 3 N–H and O–H groups in total. The summed E-state index contributed by atoms with van der Waals surface area (Å²) in [7, 11) is -2.29. The Labute approximate surface area is 171 Å². The summed E-state index contributed by atoms with van der Waals surface area (Å²) in [6.45, 7) is 6.33. The van der Waals surface area contributed by atoms with Crippen molar-refractivity contribution in [2.75, 3.05) is 23.8 Å². The third kappa shape index (κ3) is 6.00. The Bertz CT molecular complexity index is 913. The number of rotatable bonds is 8.